The van der Waals surface area contributed by atoms with Crippen molar-refractivity contribution in [3.63, 3.8) is 0 Å². The first-order valence-electron chi connectivity index (χ1n) is 10.8. The minimum absolute atomic E-state index is 0.189. The lowest BCUT2D eigenvalue weighted by molar-refractivity contribution is 0.296. The van der Waals surface area contributed by atoms with Crippen LogP contribution >= 0.6 is 11.6 Å². The zero-order valence-electron chi connectivity index (χ0n) is 17.0. The van der Waals surface area contributed by atoms with Gasteiger partial charge in [-0.3, -0.25) is 4.98 Å². The quantitative estimate of drug-likeness (QED) is 0.373. The number of nitrogens with zero attached hydrogens (tertiary/aromatic N) is 2. The summed E-state index contributed by atoms with van der Waals surface area (Å²) in [5.74, 6) is 2.42. The Morgan fingerprint density at radius 2 is 1.87 bits per heavy atom. The van der Waals surface area contributed by atoms with E-state index in [0.717, 1.165) is 52.0 Å². The molecule has 0 bridgehead atoms. The van der Waals surface area contributed by atoms with Crippen LogP contribution in [0.3, 0.4) is 0 Å². The van der Waals surface area contributed by atoms with E-state index in [1.165, 1.54) is 24.5 Å². The molecule has 5 heteroatoms. The fourth-order valence-corrected chi connectivity index (χ4v) is 5.22. The Morgan fingerprint density at radius 1 is 1.07 bits per heavy atom. The first-order valence-corrected chi connectivity index (χ1v) is 11.1. The number of aromatic nitrogens is 3. The smallest absolute Gasteiger partial charge is 0.123 e. The van der Waals surface area contributed by atoms with Gasteiger partial charge in [0.15, 0.2) is 0 Å². The van der Waals surface area contributed by atoms with Gasteiger partial charge in [0.1, 0.15) is 11.6 Å². The van der Waals surface area contributed by atoms with Crippen molar-refractivity contribution >= 4 is 33.5 Å². The fourth-order valence-electron chi connectivity index (χ4n) is 5.05. The van der Waals surface area contributed by atoms with Crippen molar-refractivity contribution in [2.75, 3.05) is 0 Å². The minimum Gasteiger partial charge on any atom is -0.342 e. The molecule has 4 aromatic rings. The molecule has 1 atom stereocenters. The van der Waals surface area contributed by atoms with Gasteiger partial charge < -0.3 is 4.98 Å². The molecule has 0 radical (unpaired) electrons. The lowest BCUT2D eigenvalue weighted by Crippen LogP contribution is -2.16. The Bertz CT molecular complexity index is 1190. The van der Waals surface area contributed by atoms with Gasteiger partial charge in [0.05, 0.1) is 16.6 Å². The normalized spacial score (nSPS) is 20.6. The van der Waals surface area contributed by atoms with Gasteiger partial charge >= 0.3 is 0 Å². The molecule has 2 heterocycles. The van der Waals surface area contributed by atoms with Crippen LogP contribution in [0.15, 0.2) is 48.7 Å². The van der Waals surface area contributed by atoms with Gasteiger partial charge in [-0.1, -0.05) is 18.5 Å². The average molecular weight is 422 g/mol. The van der Waals surface area contributed by atoms with E-state index < -0.39 is 0 Å². The number of hydrogen-bond acceptors (Lipinski definition) is 2. The maximum atomic E-state index is 13.8. The summed E-state index contributed by atoms with van der Waals surface area (Å²) in [6.07, 6.45) is 7.66. The van der Waals surface area contributed by atoms with Crippen LogP contribution in [-0.4, -0.2) is 15.0 Å². The van der Waals surface area contributed by atoms with Crippen LogP contribution in [0.5, 0.6) is 0 Å². The van der Waals surface area contributed by atoms with Crippen molar-refractivity contribution in [2.24, 2.45) is 5.92 Å². The number of pyridine rings is 1. The molecular weight excluding hydrogens is 397 g/mol. The molecule has 0 unspecified atom stereocenters. The second-order valence-electron chi connectivity index (χ2n) is 8.70. The summed E-state index contributed by atoms with van der Waals surface area (Å²) >= 11 is 6.10. The number of halogens is 2. The largest absolute Gasteiger partial charge is 0.342 e. The molecule has 1 N–H and O–H groups in total. The number of H-pyrrole nitrogens is 1. The number of hydrogen-bond donors (Lipinski definition) is 1. The molecule has 1 aliphatic rings. The predicted octanol–water partition coefficient (Wildman–Crippen LogP) is 7.37. The fraction of sp³-hybridized carbons (Fsp3) is 0.360. The molecule has 30 heavy (non-hydrogen) atoms. The summed E-state index contributed by atoms with van der Waals surface area (Å²) in [6, 6.07) is 12.8. The Hall–Kier alpha value is -2.46. The van der Waals surface area contributed by atoms with E-state index in [1.54, 1.807) is 12.1 Å². The Labute approximate surface area is 180 Å². The number of rotatable bonds is 4. The van der Waals surface area contributed by atoms with E-state index in [0.29, 0.717) is 17.8 Å². The van der Waals surface area contributed by atoms with Crippen LogP contribution in [0.2, 0.25) is 5.02 Å². The van der Waals surface area contributed by atoms with Crippen LogP contribution in [0.1, 0.15) is 62.3 Å². The highest BCUT2D eigenvalue weighted by Gasteiger charge is 2.26. The van der Waals surface area contributed by atoms with Gasteiger partial charge in [-0.25, -0.2) is 9.37 Å². The van der Waals surface area contributed by atoms with Crippen LogP contribution in [0.25, 0.3) is 21.9 Å². The van der Waals surface area contributed by atoms with E-state index in [9.17, 15) is 4.39 Å². The number of fused-ring (bicyclic) bond motifs is 2. The highest BCUT2D eigenvalue weighted by molar-refractivity contribution is 6.31. The van der Waals surface area contributed by atoms with Crippen molar-refractivity contribution in [2.45, 2.75) is 50.9 Å². The summed E-state index contributed by atoms with van der Waals surface area (Å²) in [4.78, 5) is 12.6. The van der Waals surface area contributed by atoms with E-state index in [4.69, 9.17) is 16.6 Å². The summed E-state index contributed by atoms with van der Waals surface area (Å²) < 4.78 is 13.8. The van der Waals surface area contributed by atoms with Crippen LogP contribution < -0.4 is 0 Å². The molecule has 1 aliphatic carbocycles. The molecule has 154 valence electrons. The number of aromatic amines is 1. The van der Waals surface area contributed by atoms with E-state index >= 15 is 0 Å². The molecule has 1 fully saturated rings. The zero-order chi connectivity index (χ0) is 20.7. The van der Waals surface area contributed by atoms with Gasteiger partial charge in [-0.05, 0) is 92.0 Å². The third-order valence-electron chi connectivity index (χ3n) is 6.64. The van der Waals surface area contributed by atoms with Crippen LogP contribution in [0.4, 0.5) is 4.39 Å². The Kier molecular flexibility index (Phi) is 5.20. The summed E-state index contributed by atoms with van der Waals surface area (Å²) in [5.41, 5.74) is 4.11. The second-order valence-corrected chi connectivity index (χ2v) is 9.14. The highest BCUT2D eigenvalue weighted by atomic mass is 35.5. The molecule has 2 aromatic carbocycles. The summed E-state index contributed by atoms with van der Waals surface area (Å²) in [5, 5.41) is 1.70. The van der Waals surface area contributed by atoms with Crippen molar-refractivity contribution in [1.82, 2.24) is 15.0 Å². The van der Waals surface area contributed by atoms with Crippen molar-refractivity contribution < 1.29 is 4.39 Å². The maximum Gasteiger partial charge on any atom is 0.123 e. The Morgan fingerprint density at radius 3 is 2.70 bits per heavy atom. The lowest BCUT2D eigenvalue weighted by Gasteiger charge is -2.30. The van der Waals surface area contributed by atoms with Gasteiger partial charge in [0, 0.05) is 22.5 Å². The lowest BCUT2D eigenvalue weighted by atomic mass is 9.75. The van der Waals surface area contributed by atoms with E-state index in [2.05, 4.69) is 23.0 Å². The number of nitrogens with one attached hydrogen (secondary N) is 1. The number of imidazole rings is 1. The topological polar surface area (TPSA) is 41.6 Å². The molecule has 3 nitrogen and oxygen atoms in total. The zero-order valence-corrected chi connectivity index (χ0v) is 17.8. The standard InChI is InChI=1S/C25H25ClFN3/c1-15(25-29-23-8-6-18(26)13-24(23)30-25)12-16-2-4-17(5-3-16)20-10-11-28-22-9-7-19(27)14-21(20)22/h6-11,13-17H,2-5,12H2,1H3,(H,29,30)/t15-,16?,17?/m1/s1. The molecule has 2 aromatic heterocycles. The van der Waals surface area contributed by atoms with Crippen LogP contribution in [0, 0.1) is 11.7 Å². The SMILES string of the molecule is C[C@H](CC1CCC(c2ccnc3ccc(F)cc23)CC1)c1nc2ccc(Cl)cc2[nH]1. The van der Waals surface area contributed by atoms with Gasteiger partial charge in [-0.2, -0.15) is 0 Å². The number of benzene rings is 2. The van der Waals surface area contributed by atoms with Gasteiger partial charge in [0.25, 0.3) is 0 Å². The first kappa shape index (κ1) is 19.5. The molecule has 0 spiro atoms. The summed E-state index contributed by atoms with van der Waals surface area (Å²) in [7, 11) is 0. The predicted molar refractivity (Wildman–Crippen MR) is 121 cm³/mol. The van der Waals surface area contributed by atoms with Crippen molar-refractivity contribution in [1.29, 1.82) is 0 Å². The Balaban J connectivity index is 1.26. The molecule has 0 aliphatic heterocycles. The van der Waals surface area contributed by atoms with Gasteiger partial charge in [-0.15, -0.1) is 0 Å². The molecule has 0 saturated heterocycles. The minimum atomic E-state index is -0.189. The van der Waals surface area contributed by atoms with Crippen molar-refractivity contribution in [3.8, 4) is 0 Å². The molecule has 5 rings (SSSR count). The average Bonchev–Trinajstić information content (AvgIpc) is 3.17. The molecule has 0 amide bonds. The highest BCUT2D eigenvalue weighted by Crippen LogP contribution is 2.41. The van der Waals surface area contributed by atoms with Crippen LogP contribution in [-0.2, 0) is 0 Å². The molecule has 1 saturated carbocycles. The first-order chi connectivity index (χ1) is 14.6. The van der Waals surface area contributed by atoms with E-state index in [1.807, 2.05) is 24.4 Å². The van der Waals surface area contributed by atoms with E-state index in [-0.39, 0.29) is 5.82 Å². The van der Waals surface area contributed by atoms with Gasteiger partial charge in [0.2, 0.25) is 0 Å². The third-order valence-corrected chi connectivity index (χ3v) is 6.87. The molecular formula is C25H25ClFN3. The van der Waals surface area contributed by atoms with Crippen molar-refractivity contribution in [3.05, 3.63) is 70.9 Å². The monoisotopic (exact) mass is 421 g/mol. The second kappa shape index (κ2) is 7.99. The third kappa shape index (κ3) is 3.81. The maximum absolute atomic E-state index is 13.8. The summed E-state index contributed by atoms with van der Waals surface area (Å²) in [6.45, 7) is 2.25.